The molecule has 0 aliphatic heterocycles. The number of ether oxygens (including phenoxy) is 1. The fourth-order valence-corrected chi connectivity index (χ4v) is 2.95. The molecule has 0 spiro atoms. The number of halogens is 1. The Hall–Kier alpha value is -3.50. The zero-order valence-electron chi connectivity index (χ0n) is 14.1. The van der Waals surface area contributed by atoms with Crippen LogP contribution in [0.1, 0.15) is 24.1 Å². The van der Waals surface area contributed by atoms with Gasteiger partial charge < -0.3 is 10.1 Å². The highest BCUT2D eigenvalue weighted by Crippen LogP contribution is 2.38. The number of carbonyl (C=O) groups is 1. The molecule has 1 aliphatic carbocycles. The van der Waals surface area contributed by atoms with Gasteiger partial charge in [0.05, 0.1) is 12.6 Å². The maximum absolute atomic E-state index is 13.6. The summed E-state index contributed by atoms with van der Waals surface area (Å²) < 4.78 is 29.7. The molecular formula is C16H14FN5O5. The summed E-state index contributed by atoms with van der Waals surface area (Å²) in [6, 6.07) is 3.98. The lowest BCUT2D eigenvalue weighted by Crippen LogP contribution is -2.31. The third-order valence-electron chi connectivity index (χ3n) is 4.21. The monoisotopic (exact) mass is 375 g/mol. The van der Waals surface area contributed by atoms with E-state index in [2.05, 4.69) is 20.8 Å². The van der Waals surface area contributed by atoms with Crippen LogP contribution in [0.25, 0.3) is 11.5 Å². The summed E-state index contributed by atoms with van der Waals surface area (Å²) in [5.41, 5.74) is 1.69. The first-order valence-corrected chi connectivity index (χ1v) is 8.11. The summed E-state index contributed by atoms with van der Waals surface area (Å²) in [4.78, 5) is 23.1. The predicted octanol–water partition coefficient (Wildman–Crippen LogP) is 0.686. The van der Waals surface area contributed by atoms with Gasteiger partial charge in [-0.05, 0) is 40.0 Å². The Bertz CT molecular complexity index is 1060. The normalized spacial score (nSPS) is 15.1. The van der Waals surface area contributed by atoms with E-state index in [4.69, 9.17) is 13.9 Å². The van der Waals surface area contributed by atoms with Crippen molar-refractivity contribution < 1.29 is 23.1 Å². The molecular weight excluding hydrogens is 361 g/mol. The van der Waals surface area contributed by atoms with E-state index in [9.17, 15) is 14.0 Å². The van der Waals surface area contributed by atoms with Crippen LogP contribution in [-0.4, -0.2) is 39.1 Å². The maximum Gasteiger partial charge on any atom is 0.442 e. The molecule has 11 heteroatoms. The van der Waals surface area contributed by atoms with Crippen molar-refractivity contribution >= 4 is 5.91 Å². The van der Waals surface area contributed by atoms with Crippen LogP contribution < -0.4 is 15.8 Å². The van der Waals surface area contributed by atoms with Crippen molar-refractivity contribution in [3.8, 4) is 17.4 Å². The quantitative estimate of drug-likeness (QED) is 0.624. The molecule has 1 unspecified atom stereocenters. The van der Waals surface area contributed by atoms with Gasteiger partial charge >= 0.3 is 5.76 Å². The first-order valence-electron chi connectivity index (χ1n) is 8.11. The van der Waals surface area contributed by atoms with Crippen molar-refractivity contribution in [1.82, 2.24) is 25.4 Å². The highest BCUT2D eigenvalue weighted by Gasteiger charge is 2.34. The Morgan fingerprint density at radius 1 is 1.41 bits per heavy atom. The third-order valence-corrected chi connectivity index (χ3v) is 4.21. The van der Waals surface area contributed by atoms with Gasteiger partial charge in [-0.3, -0.25) is 9.32 Å². The molecule has 1 amide bonds. The largest absolute Gasteiger partial charge is 0.472 e. The molecule has 1 aromatic carbocycles. The molecule has 0 saturated heterocycles. The van der Waals surface area contributed by atoms with E-state index in [1.807, 2.05) is 0 Å². The number of rotatable bonds is 6. The predicted molar refractivity (Wildman–Crippen MR) is 86.5 cm³/mol. The van der Waals surface area contributed by atoms with Crippen molar-refractivity contribution in [3.05, 3.63) is 45.7 Å². The van der Waals surface area contributed by atoms with E-state index >= 15 is 0 Å². The van der Waals surface area contributed by atoms with Gasteiger partial charge in [0.2, 0.25) is 17.4 Å². The highest BCUT2D eigenvalue weighted by atomic mass is 19.1. The highest BCUT2D eigenvalue weighted by molar-refractivity contribution is 5.72. The number of hydrogen-bond acceptors (Lipinski definition) is 8. The molecule has 1 N–H and O–H groups in total. The first-order chi connectivity index (χ1) is 13.0. The standard InChI is InChI=1S/C16H14FN5O5/c1-8(23)18-4-5-25-15-13(19-27-21-15)14-20-26-16(24)22(14)12-6-9-2-3-10(17)7-11(9)12/h2-3,7,12H,4-6H2,1H3,(H,18,23). The number of aromatic nitrogens is 4. The van der Waals surface area contributed by atoms with Gasteiger partial charge in [-0.1, -0.05) is 11.2 Å². The molecule has 4 rings (SSSR count). The van der Waals surface area contributed by atoms with Crippen molar-refractivity contribution in [2.75, 3.05) is 13.2 Å². The molecule has 1 aliphatic rings. The van der Waals surface area contributed by atoms with E-state index in [-0.39, 0.29) is 36.5 Å². The number of hydrogen-bond donors (Lipinski definition) is 1. The lowest BCUT2D eigenvalue weighted by atomic mass is 9.83. The minimum Gasteiger partial charge on any atom is -0.472 e. The van der Waals surface area contributed by atoms with Gasteiger partial charge in [0.25, 0.3) is 5.88 Å². The molecule has 0 bridgehead atoms. The average molecular weight is 375 g/mol. The van der Waals surface area contributed by atoms with E-state index in [1.165, 1.54) is 23.6 Å². The molecule has 140 valence electrons. The number of carbonyl (C=O) groups excluding carboxylic acids is 1. The Labute approximate surface area is 150 Å². The van der Waals surface area contributed by atoms with E-state index < -0.39 is 17.6 Å². The number of benzene rings is 1. The molecule has 0 saturated carbocycles. The Morgan fingerprint density at radius 2 is 2.26 bits per heavy atom. The molecule has 1 atom stereocenters. The summed E-state index contributed by atoms with van der Waals surface area (Å²) in [5.74, 6) is -1.23. The summed E-state index contributed by atoms with van der Waals surface area (Å²) in [5, 5.41) is 13.7. The Morgan fingerprint density at radius 3 is 3.07 bits per heavy atom. The minimum atomic E-state index is -0.711. The Balaban J connectivity index is 1.61. The Kier molecular flexibility index (Phi) is 4.18. The van der Waals surface area contributed by atoms with Crippen LogP contribution in [0, 0.1) is 5.82 Å². The average Bonchev–Trinajstić information content (AvgIpc) is 3.21. The zero-order chi connectivity index (χ0) is 19.0. The molecule has 27 heavy (non-hydrogen) atoms. The summed E-state index contributed by atoms with van der Waals surface area (Å²) >= 11 is 0. The van der Waals surface area contributed by atoms with Crippen molar-refractivity contribution in [3.63, 3.8) is 0 Å². The lowest BCUT2D eigenvalue weighted by molar-refractivity contribution is -0.119. The number of nitrogens with one attached hydrogen (secondary N) is 1. The van der Waals surface area contributed by atoms with Gasteiger partial charge in [-0.2, -0.15) is 0 Å². The van der Waals surface area contributed by atoms with E-state index in [0.717, 1.165) is 5.56 Å². The van der Waals surface area contributed by atoms with Gasteiger partial charge in [-0.25, -0.2) is 18.4 Å². The van der Waals surface area contributed by atoms with Gasteiger partial charge in [0, 0.05) is 6.92 Å². The smallest absolute Gasteiger partial charge is 0.442 e. The van der Waals surface area contributed by atoms with Crippen molar-refractivity contribution in [2.24, 2.45) is 0 Å². The second kappa shape index (κ2) is 6.67. The van der Waals surface area contributed by atoms with Crippen LogP contribution in [0.2, 0.25) is 0 Å². The van der Waals surface area contributed by atoms with Crippen LogP contribution in [0.3, 0.4) is 0 Å². The topological polar surface area (TPSA) is 125 Å². The number of nitrogens with zero attached hydrogens (tertiary/aromatic N) is 4. The fraction of sp³-hybridized carbons (Fsp3) is 0.312. The maximum atomic E-state index is 13.6. The first kappa shape index (κ1) is 16.9. The van der Waals surface area contributed by atoms with E-state index in [1.54, 1.807) is 6.07 Å². The minimum absolute atomic E-state index is 0.00110. The van der Waals surface area contributed by atoms with Crippen molar-refractivity contribution in [2.45, 2.75) is 19.4 Å². The van der Waals surface area contributed by atoms with E-state index in [0.29, 0.717) is 12.0 Å². The second-order valence-corrected chi connectivity index (χ2v) is 5.95. The van der Waals surface area contributed by atoms with Crippen LogP contribution in [-0.2, 0) is 11.2 Å². The number of amides is 1. The van der Waals surface area contributed by atoms with Crippen LogP contribution in [0.4, 0.5) is 4.39 Å². The summed E-state index contributed by atoms with van der Waals surface area (Å²) in [7, 11) is 0. The SMILES string of the molecule is CC(=O)NCCOc1nonc1-c1noc(=O)n1C1Cc2ccc(F)cc21. The third kappa shape index (κ3) is 3.07. The molecule has 0 radical (unpaired) electrons. The fourth-order valence-electron chi connectivity index (χ4n) is 2.95. The molecule has 0 fully saturated rings. The van der Waals surface area contributed by atoms with Crippen LogP contribution in [0.5, 0.6) is 5.88 Å². The lowest BCUT2D eigenvalue weighted by Gasteiger charge is -2.30. The number of fused-ring (bicyclic) bond motifs is 1. The summed E-state index contributed by atoms with van der Waals surface area (Å²) in [6.45, 7) is 1.75. The zero-order valence-corrected chi connectivity index (χ0v) is 14.1. The molecule has 2 heterocycles. The van der Waals surface area contributed by atoms with Gasteiger partial charge in [-0.15, -0.1) is 0 Å². The van der Waals surface area contributed by atoms with Crippen LogP contribution in [0.15, 0.2) is 32.1 Å². The second-order valence-electron chi connectivity index (χ2n) is 5.95. The molecule has 10 nitrogen and oxygen atoms in total. The summed E-state index contributed by atoms with van der Waals surface area (Å²) in [6.07, 6.45) is 0.522. The van der Waals surface area contributed by atoms with Crippen LogP contribution >= 0.6 is 0 Å². The van der Waals surface area contributed by atoms with Gasteiger partial charge in [0.15, 0.2) is 0 Å². The van der Waals surface area contributed by atoms with Crippen molar-refractivity contribution in [1.29, 1.82) is 0 Å². The molecule has 2 aromatic heterocycles. The van der Waals surface area contributed by atoms with Gasteiger partial charge in [0.1, 0.15) is 12.4 Å². The molecule has 3 aromatic rings.